The van der Waals surface area contributed by atoms with Crippen molar-refractivity contribution < 1.29 is 9.47 Å². The number of hydrogen-bond donors (Lipinski definition) is 0. The second-order valence-corrected chi connectivity index (χ2v) is 6.37. The third-order valence-corrected chi connectivity index (χ3v) is 6.08. The molecular weight excluding hydrogens is 188 g/mol. The highest BCUT2D eigenvalue weighted by molar-refractivity contribution is 5.19. The fourth-order valence-electron chi connectivity index (χ4n) is 5.56. The van der Waals surface area contributed by atoms with Crippen LogP contribution in [0.1, 0.15) is 32.1 Å². The SMILES string of the molecule is C1CC2C3CC(C4OC34)C2C2(C1)CCO2. The van der Waals surface area contributed by atoms with E-state index in [1.807, 2.05) is 0 Å². The van der Waals surface area contributed by atoms with E-state index in [-0.39, 0.29) is 0 Å². The maximum atomic E-state index is 6.04. The highest BCUT2D eigenvalue weighted by atomic mass is 16.6. The zero-order valence-electron chi connectivity index (χ0n) is 9.02. The summed E-state index contributed by atoms with van der Waals surface area (Å²) in [6, 6.07) is 0. The molecule has 2 nitrogen and oxygen atoms in total. The fraction of sp³-hybridized carbons (Fsp3) is 1.00. The number of rotatable bonds is 0. The van der Waals surface area contributed by atoms with Gasteiger partial charge in [-0.1, -0.05) is 6.42 Å². The standard InChI is InChI=1S/C13H18O2/c1-2-7-8-6-9(12-11(8)15-12)10(7)13(3-1)4-5-14-13/h7-12H,1-6H2. The number of fused-ring (bicyclic) bond motifs is 9. The van der Waals surface area contributed by atoms with Crippen LogP contribution in [0.15, 0.2) is 0 Å². The topological polar surface area (TPSA) is 21.8 Å². The maximum absolute atomic E-state index is 6.04. The fourth-order valence-corrected chi connectivity index (χ4v) is 5.56. The van der Waals surface area contributed by atoms with Gasteiger partial charge in [-0.15, -0.1) is 0 Å². The Morgan fingerprint density at radius 1 is 1.00 bits per heavy atom. The summed E-state index contributed by atoms with van der Waals surface area (Å²) in [7, 11) is 0. The molecule has 5 rings (SSSR count). The molecule has 2 heterocycles. The van der Waals surface area contributed by atoms with Crippen LogP contribution in [0.2, 0.25) is 0 Å². The first-order valence-electron chi connectivity index (χ1n) is 6.68. The Bertz CT molecular complexity index is 322. The molecule has 5 fully saturated rings. The predicted octanol–water partition coefficient (Wildman–Crippen LogP) is 1.98. The van der Waals surface area contributed by atoms with Crippen LogP contribution in [-0.4, -0.2) is 24.4 Å². The zero-order chi connectivity index (χ0) is 9.62. The zero-order valence-corrected chi connectivity index (χ0v) is 9.02. The van der Waals surface area contributed by atoms with E-state index < -0.39 is 0 Å². The van der Waals surface area contributed by atoms with Crippen molar-refractivity contribution in [2.24, 2.45) is 23.7 Å². The number of epoxide rings is 1. The van der Waals surface area contributed by atoms with Gasteiger partial charge in [0.25, 0.3) is 0 Å². The molecule has 0 aromatic rings. The van der Waals surface area contributed by atoms with E-state index in [9.17, 15) is 0 Å². The van der Waals surface area contributed by atoms with E-state index in [2.05, 4.69) is 0 Å². The van der Waals surface area contributed by atoms with Crippen molar-refractivity contribution in [1.82, 2.24) is 0 Å². The molecule has 0 amide bonds. The van der Waals surface area contributed by atoms with E-state index in [0.717, 1.165) is 30.3 Å². The summed E-state index contributed by atoms with van der Waals surface area (Å²) in [4.78, 5) is 0. The van der Waals surface area contributed by atoms with E-state index in [1.165, 1.54) is 32.1 Å². The van der Waals surface area contributed by atoms with E-state index >= 15 is 0 Å². The van der Waals surface area contributed by atoms with Crippen LogP contribution >= 0.6 is 0 Å². The molecule has 1 spiro atoms. The summed E-state index contributed by atoms with van der Waals surface area (Å²) >= 11 is 0. The largest absolute Gasteiger partial charge is 0.374 e. The summed E-state index contributed by atoms with van der Waals surface area (Å²) in [6.07, 6.45) is 8.37. The van der Waals surface area contributed by atoms with Crippen molar-refractivity contribution >= 4 is 0 Å². The Morgan fingerprint density at radius 2 is 1.87 bits per heavy atom. The lowest BCUT2D eigenvalue weighted by molar-refractivity contribution is -0.217. The number of ether oxygens (including phenoxy) is 2. The predicted molar refractivity (Wildman–Crippen MR) is 54.4 cm³/mol. The lowest BCUT2D eigenvalue weighted by atomic mass is 9.60. The number of hydrogen-bond acceptors (Lipinski definition) is 2. The molecule has 3 aliphatic carbocycles. The Hall–Kier alpha value is -0.0800. The molecule has 0 aromatic carbocycles. The van der Waals surface area contributed by atoms with Gasteiger partial charge in [0.05, 0.1) is 24.4 Å². The van der Waals surface area contributed by atoms with Gasteiger partial charge in [0, 0.05) is 6.42 Å². The Balaban J connectivity index is 1.58. The summed E-state index contributed by atoms with van der Waals surface area (Å²) in [5, 5.41) is 0. The second kappa shape index (κ2) is 2.28. The van der Waals surface area contributed by atoms with Crippen molar-refractivity contribution in [3.05, 3.63) is 0 Å². The van der Waals surface area contributed by atoms with Gasteiger partial charge in [-0.3, -0.25) is 0 Å². The minimum atomic E-state index is 0.333. The summed E-state index contributed by atoms with van der Waals surface area (Å²) in [6.45, 7) is 1.02. The van der Waals surface area contributed by atoms with Crippen LogP contribution < -0.4 is 0 Å². The average molecular weight is 206 g/mol. The molecule has 3 saturated carbocycles. The van der Waals surface area contributed by atoms with Crippen LogP contribution in [-0.2, 0) is 9.47 Å². The Kier molecular flexibility index (Phi) is 1.23. The third kappa shape index (κ3) is 0.763. The minimum Gasteiger partial charge on any atom is -0.374 e. The van der Waals surface area contributed by atoms with Gasteiger partial charge in [-0.25, -0.2) is 0 Å². The van der Waals surface area contributed by atoms with Gasteiger partial charge in [0.1, 0.15) is 0 Å². The van der Waals surface area contributed by atoms with E-state index in [0.29, 0.717) is 17.8 Å². The highest BCUT2D eigenvalue weighted by Crippen LogP contribution is 2.68. The molecule has 7 unspecified atom stereocenters. The molecule has 82 valence electrons. The quantitative estimate of drug-likeness (QED) is 0.565. The molecular formula is C13H18O2. The van der Waals surface area contributed by atoms with Gasteiger partial charge in [-0.05, 0) is 42.9 Å². The molecule has 7 atom stereocenters. The van der Waals surface area contributed by atoms with Crippen molar-refractivity contribution in [3.63, 3.8) is 0 Å². The van der Waals surface area contributed by atoms with Crippen LogP contribution in [0, 0.1) is 23.7 Å². The van der Waals surface area contributed by atoms with Crippen LogP contribution in [0.4, 0.5) is 0 Å². The molecule has 2 heteroatoms. The van der Waals surface area contributed by atoms with E-state index in [4.69, 9.17) is 9.47 Å². The van der Waals surface area contributed by atoms with Crippen molar-refractivity contribution in [1.29, 1.82) is 0 Å². The van der Waals surface area contributed by atoms with Crippen LogP contribution in [0.3, 0.4) is 0 Å². The van der Waals surface area contributed by atoms with Crippen molar-refractivity contribution in [2.75, 3.05) is 6.61 Å². The highest BCUT2D eigenvalue weighted by Gasteiger charge is 2.72. The van der Waals surface area contributed by atoms with Gasteiger partial charge < -0.3 is 9.47 Å². The van der Waals surface area contributed by atoms with Crippen LogP contribution in [0.25, 0.3) is 0 Å². The molecule has 0 N–H and O–H groups in total. The lowest BCUT2D eigenvalue weighted by Gasteiger charge is -2.54. The van der Waals surface area contributed by atoms with Gasteiger partial charge in [0.15, 0.2) is 0 Å². The van der Waals surface area contributed by atoms with Gasteiger partial charge in [0.2, 0.25) is 0 Å². The first-order valence-corrected chi connectivity index (χ1v) is 6.68. The summed E-state index contributed by atoms with van der Waals surface area (Å²) in [5.41, 5.74) is 0.333. The van der Waals surface area contributed by atoms with Gasteiger partial charge >= 0.3 is 0 Å². The summed E-state index contributed by atoms with van der Waals surface area (Å²) < 4.78 is 11.9. The lowest BCUT2D eigenvalue weighted by Crippen LogP contribution is -2.57. The molecule has 15 heavy (non-hydrogen) atoms. The maximum Gasteiger partial charge on any atom is 0.0876 e. The monoisotopic (exact) mass is 206 g/mol. The molecule has 5 aliphatic rings. The Labute approximate surface area is 90.3 Å². The smallest absolute Gasteiger partial charge is 0.0876 e. The molecule has 0 radical (unpaired) electrons. The molecule has 0 aromatic heterocycles. The van der Waals surface area contributed by atoms with Crippen molar-refractivity contribution in [3.8, 4) is 0 Å². The first-order chi connectivity index (χ1) is 7.39. The molecule has 2 aliphatic heterocycles. The summed E-state index contributed by atoms with van der Waals surface area (Å²) in [5.74, 6) is 3.65. The third-order valence-electron chi connectivity index (χ3n) is 6.08. The normalized spacial score (nSPS) is 68.8. The van der Waals surface area contributed by atoms with Crippen LogP contribution in [0.5, 0.6) is 0 Å². The second-order valence-electron chi connectivity index (χ2n) is 6.37. The van der Waals surface area contributed by atoms with E-state index in [1.54, 1.807) is 0 Å². The molecule has 2 saturated heterocycles. The average Bonchev–Trinajstić information content (AvgIpc) is 2.83. The van der Waals surface area contributed by atoms with Crippen molar-refractivity contribution in [2.45, 2.75) is 49.9 Å². The minimum absolute atomic E-state index is 0.333. The van der Waals surface area contributed by atoms with Gasteiger partial charge in [-0.2, -0.15) is 0 Å². The molecule has 2 bridgehead atoms. The Morgan fingerprint density at radius 3 is 2.67 bits per heavy atom. The first kappa shape index (κ1) is 8.08.